The molecule has 0 spiro atoms. The second-order valence-electron chi connectivity index (χ2n) is 4.36. The van der Waals surface area contributed by atoms with Crippen LogP contribution in [0.4, 0.5) is 0 Å². The van der Waals surface area contributed by atoms with Crippen LogP contribution in [-0.4, -0.2) is 16.9 Å². The van der Waals surface area contributed by atoms with Crippen LogP contribution in [0.25, 0.3) is 0 Å². The van der Waals surface area contributed by atoms with Gasteiger partial charge in [-0.15, -0.1) is 0 Å². The van der Waals surface area contributed by atoms with Gasteiger partial charge in [0.15, 0.2) is 0 Å². The van der Waals surface area contributed by atoms with E-state index in [2.05, 4.69) is 0 Å². The van der Waals surface area contributed by atoms with Crippen LogP contribution in [0, 0.1) is 17.3 Å². The van der Waals surface area contributed by atoms with E-state index in [1.165, 1.54) is 6.92 Å². The molecule has 0 aromatic carbocycles. The zero-order chi connectivity index (χ0) is 10.8. The molecule has 0 rings (SSSR count). The summed E-state index contributed by atoms with van der Waals surface area (Å²) in [7, 11) is 0. The molecule has 0 aliphatic heterocycles. The molecule has 0 saturated carbocycles. The van der Waals surface area contributed by atoms with Gasteiger partial charge in [0.2, 0.25) is 0 Å². The van der Waals surface area contributed by atoms with E-state index in [4.69, 9.17) is 5.11 Å². The first-order valence-electron chi connectivity index (χ1n) is 4.44. The normalized spacial score (nSPS) is 14.3. The number of carboxylic acid groups (broad SMARTS) is 1. The number of hydrogen-bond donors (Lipinski definition) is 1. The molecule has 3 nitrogen and oxygen atoms in total. The highest BCUT2D eigenvalue weighted by Crippen LogP contribution is 2.35. The Kier molecular flexibility index (Phi) is 3.64. The molecule has 1 unspecified atom stereocenters. The van der Waals surface area contributed by atoms with Crippen LogP contribution in [0.1, 0.15) is 34.6 Å². The molecule has 0 aliphatic carbocycles. The maximum absolute atomic E-state index is 11.2. The van der Waals surface area contributed by atoms with Crippen molar-refractivity contribution >= 4 is 11.8 Å². The Morgan fingerprint density at radius 2 is 1.62 bits per heavy atom. The summed E-state index contributed by atoms with van der Waals surface area (Å²) in [4.78, 5) is 22.0. The lowest BCUT2D eigenvalue weighted by atomic mass is 9.69. The van der Waals surface area contributed by atoms with Crippen molar-refractivity contribution in [1.82, 2.24) is 0 Å². The van der Waals surface area contributed by atoms with E-state index >= 15 is 0 Å². The third-order valence-corrected chi connectivity index (χ3v) is 2.89. The minimum atomic E-state index is -1.02. The van der Waals surface area contributed by atoms with Gasteiger partial charge in [-0.2, -0.15) is 0 Å². The van der Waals surface area contributed by atoms with E-state index in [0.29, 0.717) is 0 Å². The van der Waals surface area contributed by atoms with Gasteiger partial charge in [0.25, 0.3) is 0 Å². The van der Waals surface area contributed by atoms with Crippen molar-refractivity contribution in [3.8, 4) is 0 Å². The van der Waals surface area contributed by atoms with Crippen molar-refractivity contribution in [2.75, 3.05) is 0 Å². The summed E-state index contributed by atoms with van der Waals surface area (Å²) in [5.41, 5.74) is -0.488. The third kappa shape index (κ3) is 2.54. The highest BCUT2D eigenvalue weighted by atomic mass is 16.4. The molecule has 0 amide bonds. The van der Waals surface area contributed by atoms with Gasteiger partial charge in [0.05, 0.1) is 0 Å². The number of aliphatic carboxylic acids is 1. The summed E-state index contributed by atoms with van der Waals surface area (Å²) < 4.78 is 0. The molecule has 1 N–H and O–H groups in total. The third-order valence-electron chi connectivity index (χ3n) is 2.89. The van der Waals surface area contributed by atoms with Crippen LogP contribution < -0.4 is 0 Å². The minimum absolute atomic E-state index is 0.164. The molecule has 1 atom stereocenters. The zero-order valence-corrected chi connectivity index (χ0v) is 8.92. The largest absolute Gasteiger partial charge is 0.481 e. The van der Waals surface area contributed by atoms with Crippen molar-refractivity contribution in [3.63, 3.8) is 0 Å². The van der Waals surface area contributed by atoms with Crippen molar-refractivity contribution in [2.24, 2.45) is 17.3 Å². The molecule has 0 bridgehead atoms. The lowest BCUT2D eigenvalue weighted by Gasteiger charge is -2.33. The van der Waals surface area contributed by atoms with Gasteiger partial charge in [-0.1, -0.05) is 27.7 Å². The van der Waals surface area contributed by atoms with Gasteiger partial charge in [0, 0.05) is 0 Å². The Hall–Kier alpha value is -0.860. The Bertz CT molecular complexity index is 202. The highest BCUT2D eigenvalue weighted by molar-refractivity contribution is 5.97. The average Bonchev–Trinajstić information content (AvgIpc) is 1.82. The smallest absolute Gasteiger partial charge is 0.314 e. The van der Waals surface area contributed by atoms with E-state index in [-0.39, 0.29) is 11.7 Å². The monoisotopic (exact) mass is 186 g/mol. The maximum Gasteiger partial charge on any atom is 0.314 e. The van der Waals surface area contributed by atoms with Crippen molar-refractivity contribution in [3.05, 3.63) is 0 Å². The minimum Gasteiger partial charge on any atom is -0.481 e. The molecular weight excluding hydrogens is 168 g/mol. The number of ketones is 1. The molecule has 0 aromatic heterocycles. The number of carbonyl (C=O) groups is 2. The molecule has 0 aliphatic rings. The van der Waals surface area contributed by atoms with Crippen molar-refractivity contribution < 1.29 is 14.7 Å². The fourth-order valence-corrected chi connectivity index (χ4v) is 1.35. The second-order valence-corrected chi connectivity index (χ2v) is 4.36. The summed E-state index contributed by atoms with van der Waals surface area (Å²) in [5, 5.41) is 8.91. The molecule has 76 valence electrons. The zero-order valence-electron chi connectivity index (χ0n) is 8.92. The first kappa shape index (κ1) is 12.1. The van der Waals surface area contributed by atoms with E-state index in [0.717, 1.165) is 0 Å². The van der Waals surface area contributed by atoms with E-state index < -0.39 is 17.3 Å². The number of carbonyl (C=O) groups excluding carboxylic acids is 1. The number of hydrogen-bond acceptors (Lipinski definition) is 2. The first-order chi connectivity index (χ1) is 5.71. The van der Waals surface area contributed by atoms with Gasteiger partial charge in [0.1, 0.15) is 11.7 Å². The summed E-state index contributed by atoms with van der Waals surface area (Å²) >= 11 is 0. The Morgan fingerprint density at radius 3 is 1.69 bits per heavy atom. The summed E-state index contributed by atoms with van der Waals surface area (Å²) in [5.74, 6) is -2.03. The van der Waals surface area contributed by atoms with Crippen LogP contribution in [0.3, 0.4) is 0 Å². The van der Waals surface area contributed by atoms with Crippen LogP contribution >= 0.6 is 0 Å². The van der Waals surface area contributed by atoms with Crippen molar-refractivity contribution in [1.29, 1.82) is 0 Å². The molecule has 3 heteroatoms. The lowest BCUT2D eigenvalue weighted by molar-refractivity contribution is -0.152. The molecule has 0 radical (unpaired) electrons. The maximum atomic E-state index is 11.2. The van der Waals surface area contributed by atoms with Crippen molar-refractivity contribution in [2.45, 2.75) is 34.6 Å². The molecule has 0 heterocycles. The van der Waals surface area contributed by atoms with Gasteiger partial charge < -0.3 is 5.11 Å². The van der Waals surface area contributed by atoms with Crippen LogP contribution in [0.15, 0.2) is 0 Å². The van der Waals surface area contributed by atoms with Crippen LogP contribution in [0.5, 0.6) is 0 Å². The van der Waals surface area contributed by atoms with Gasteiger partial charge >= 0.3 is 5.97 Å². The standard InChI is InChI=1S/C10H18O3/c1-6(2)10(4,5)8(7(3)11)9(12)13/h6,8H,1-5H3,(H,12,13). The topological polar surface area (TPSA) is 54.4 Å². The van der Waals surface area contributed by atoms with Gasteiger partial charge in [-0.25, -0.2) is 0 Å². The van der Waals surface area contributed by atoms with Gasteiger partial charge in [-0.05, 0) is 18.3 Å². The summed E-state index contributed by atoms with van der Waals surface area (Å²) in [6.45, 7) is 8.83. The van der Waals surface area contributed by atoms with Crippen LogP contribution in [0.2, 0.25) is 0 Å². The number of Topliss-reactive ketones (excluding diaryl/α,β-unsaturated/α-hetero) is 1. The SMILES string of the molecule is CC(=O)C(C(=O)O)C(C)(C)C(C)C. The fraction of sp³-hybridized carbons (Fsp3) is 0.800. The number of rotatable bonds is 4. The second kappa shape index (κ2) is 3.90. The summed E-state index contributed by atoms with van der Waals surface area (Å²) in [6.07, 6.45) is 0. The van der Waals surface area contributed by atoms with Gasteiger partial charge in [-0.3, -0.25) is 9.59 Å². The average molecular weight is 186 g/mol. The lowest BCUT2D eigenvalue weighted by Crippen LogP contribution is -2.39. The molecule has 13 heavy (non-hydrogen) atoms. The summed E-state index contributed by atoms with van der Waals surface area (Å²) in [6, 6.07) is 0. The quantitative estimate of drug-likeness (QED) is 0.683. The van der Waals surface area contributed by atoms with Crippen LogP contribution in [-0.2, 0) is 9.59 Å². The van der Waals surface area contributed by atoms with E-state index in [1.54, 1.807) is 0 Å². The molecular formula is C10H18O3. The Labute approximate surface area is 79.1 Å². The van der Waals surface area contributed by atoms with E-state index in [9.17, 15) is 9.59 Å². The molecule has 0 fully saturated rings. The first-order valence-corrected chi connectivity index (χ1v) is 4.44. The molecule has 0 saturated heterocycles. The highest BCUT2D eigenvalue weighted by Gasteiger charge is 2.40. The fourth-order valence-electron chi connectivity index (χ4n) is 1.35. The van der Waals surface area contributed by atoms with E-state index in [1.807, 2.05) is 27.7 Å². The number of carboxylic acids is 1. The molecule has 0 aromatic rings. The predicted molar refractivity (Wildman–Crippen MR) is 50.4 cm³/mol. The predicted octanol–water partition coefficient (Wildman–Crippen LogP) is 1.96. The Balaban J connectivity index is 4.95. The Morgan fingerprint density at radius 1 is 1.23 bits per heavy atom.